The Morgan fingerprint density at radius 3 is 2.60 bits per heavy atom. The van der Waals surface area contributed by atoms with Crippen molar-refractivity contribution in [3.63, 3.8) is 0 Å². The van der Waals surface area contributed by atoms with Crippen LogP contribution in [-0.2, 0) is 6.42 Å². The van der Waals surface area contributed by atoms with Crippen LogP contribution in [0.1, 0.15) is 15.9 Å². The zero-order valence-corrected chi connectivity index (χ0v) is 14.2. The highest BCUT2D eigenvalue weighted by Crippen LogP contribution is 2.26. The molecule has 0 bridgehead atoms. The monoisotopic (exact) mass is 336 g/mol. The van der Waals surface area contributed by atoms with Crippen molar-refractivity contribution in [2.45, 2.75) is 12.6 Å². The maximum absolute atomic E-state index is 11.4. The van der Waals surface area contributed by atoms with E-state index < -0.39 is 5.97 Å². The van der Waals surface area contributed by atoms with E-state index in [1.165, 1.54) is 11.9 Å². The second kappa shape index (κ2) is 7.27. The number of anilines is 1. The molecule has 2 aromatic carbocycles. The van der Waals surface area contributed by atoms with Gasteiger partial charge in [0.15, 0.2) is 0 Å². The normalized spacial score (nSPS) is 12.1. The van der Waals surface area contributed by atoms with E-state index in [2.05, 4.69) is 27.4 Å². The molecule has 1 heterocycles. The van der Waals surface area contributed by atoms with Gasteiger partial charge in [-0.15, -0.1) is 0 Å². The van der Waals surface area contributed by atoms with Gasteiger partial charge in [-0.1, -0.05) is 36.4 Å². The molecular weight excluding hydrogens is 316 g/mol. The van der Waals surface area contributed by atoms with Gasteiger partial charge in [-0.3, -0.25) is 0 Å². The summed E-state index contributed by atoms with van der Waals surface area (Å²) in [4.78, 5) is 22.0. The second-order valence-electron chi connectivity index (χ2n) is 5.81. The van der Waals surface area contributed by atoms with Crippen LogP contribution >= 0.6 is 0 Å². The number of hydrogen-bond acceptors (Lipinski definition) is 5. The van der Waals surface area contributed by atoms with Gasteiger partial charge in [0.1, 0.15) is 12.1 Å². The van der Waals surface area contributed by atoms with E-state index in [-0.39, 0.29) is 11.7 Å². The van der Waals surface area contributed by atoms with Gasteiger partial charge in [0.25, 0.3) is 0 Å². The van der Waals surface area contributed by atoms with Gasteiger partial charge in [0.05, 0.1) is 17.2 Å². The number of carboxylic acid groups (broad SMARTS) is 1. The molecular formula is C19H20N4O2. The first-order chi connectivity index (χ1) is 12.1. The number of hydrogen-bond donors (Lipinski definition) is 2. The van der Waals surface area contributed by atoms with E-state index in [0.717, 1.165) is 11.8 Å². The van der Waals surface area contributed by atoms with Crippen LogP contribution in [0.3, 0.4) is 0 Å². The summed E-state index contributed by atoms with van der Waals surface area (Å²) in [6.07, 6.45) is 2.21. The summed E-state index contributed by atoms with van der Waals surface area (Å²) in [7, 11) is 3.84. The minimum atomic E-state index is -0.993. The number of carboxylic acids is 1. The molecule has 2 N–H and O–H groups in total. The zero-order chi connectivity index (χ0) is 17.8. The predicted molar refractivity (Wildman–Crippen MR) is 97.9 cm³/mol. The standard InChI is InChI=1S/C19H20N4O2/c1-20-16(11-13-7-4-3-5-8-13)23(2)18-14-9-6-10-15(19(24)25)17(14)21-12-22-18/h3-10,12,16,20H,11H2,1-2H3,(H,24,25)/t16-/m0/s1. The van der Waals surface area contributed by atoms with Gasteiger partial charge in [0.2, 0.25) is 0 Å². The smallest absolute Gasteiger partial charge is 0.337 e. The number of nitrogens with one attached hydrogen (secondary N) is 1. The maximum atomic E-state index is 11.4. The van der Waals surface area contributed by atoms with Crippen molar-refractivity contribution >= 4 is 22.7 Å². The first kappa shape index (κ1) is 16.9. The summed E-state index contributed by atoms with van der Waals surface area (Å²) < 4.78 is 0. The third-order valence-corrected chi connectivity index (χ3v) is 4.28. The van der Waals surface area contributed by atoms with Gasteiger partial charge in [0, 0.05) is 18.9 Å². The average molecular weight is 336 g/mol. The number of benzene rings is 2. The lowest BCUT2D eigenvalue weighted by Crippen LogP contribution is -2.44. The van der Waals surface area contributed by atoms with Gasteiger partial charge >= 0.3 is 5.97 Å². The van der Waals surface area contributed by atoms with Gasteiger partial charge in [-0.25, -0.2) is 14.8 Å². The molecule has 128 valence electrons. The first-order valence-corrected chi connectivity index (χ1v) is 8.03. The van der Waals surface area contributed by atoms with E-state index in [1.807, 2.05) is 43.3 Å². The molecule has 6 heteroatoms. The molecule has 1 aromatic heterocycles. The molecule has 0 amide bonds. The van der Waals surface area contributed by atoms with Gasteiger partial charge in [-0.05, 0) is 24.7 Å². The minimum absolute atomic E-state index is 0.00832. The Labute approximate surface area is 146 Å². The van der Waals surface area contributed by atoms with Crippen molar-refractivity contribution < 1.29 is 9.90 Å². The molecule has 3 rings (SSSR count). The number of nitrogens with zero attached hydrogens (tertiary/aromatic N) is 3. The Hall–Kier alpha value is -2.99. The van der Waals surface area contributed by atoms with E-state index in [4.69, 9.17) is 0 Å². The van der Waals surface area contributed by atoms with Crippen LogP contribution in [0.25, 0.3) is 10.9 Å². The lowest BCUT2D eigenvalue weighted by Gasteiger charge is -2.29. The second-order valence-corrected chi connectivity index (χ2v) is 5.81. The lowest BCUT2D eigenvalue weighted by molar-refractivity contribution is 0.0699. The van der Waals surface area contributed by atoms with Crippen LogP contribution in [-0.4, -0.2) is 41.3 Å². The minimum Gasteiger partial charge on any atom is -0.478 e. The molecule has 0 aliphatic heterocycles. The summed E-state index contributed by atoms with van der Waals surface area (Å²) >= 11 is 0. The number of aromatic carboxylic acids is 1. The number of para-hydroxylation sites is 1. The third kappa shape index (κ3) is 3.44. The summed E-state index contributed by atoms with van der Waals surface area (Å²) in [5.74, 6) is -0.296. The molecule has 0 spiro atoms. The Morgan fingerprint density at radius 2 is 1.92 bits per heavy atom. The van der Waals surface area contributed by atoms with Crippen LogP contribution in [0.5, 0.6) is 0 Å². The molecule has 1 atom stereocenters. The van der Waals surface area contributed by atoms with Crippen molar-refractivity contribution in [2.24, 2.45) is 0 Å². The van der Waals surface area contributed by atoms with Crippen molar-refractivity contribution in [1.29, 1.82) is 0 Å². The molecule has 3 aromatic rings. The Balaban J connectivity index is 1.99. The molecule has 0 saturated heterocycles. The molecule has 0 aliphatic carbocycles. The highest BCUT2D eigenvalue weighted by molar-refractivity contribution is 6.04. The predicted octanol–water partition coefficient (Wildman–Crippen LogP) is 2.55. The highest BCUT2D eigenvalue weighted by Gasteiger charge is 2.19. The zero-order valence-electron chi connectivity index (χ0n) is 14.2. The van der Waals surface area contributed by atoms with Gasteiger partial charge in [-0.2, -0.15) is 0 Å². The Kier molecular flexibility index (Phi) is 4.90. The van der Waals surface area contributed by atoms with Crippen LogP contribution in [0.2, 0.25) is 0 Å². The summed E-state index contributed by atoms with van der Waals surface area (Å²) in [6, 6.07) is 15.3. The molecule has 6 nitrogen and oxygen atoms in total. The number of fused-ring (bicyclic) bond motifs is 1. The quantitative estimate of drug-likeness (QED) is 0.674. The number of aromatic nitrogens is 2. The molecule has 0 radical (unpaired) electrons. The SMILES string of the molecule is CN[C@H](Cc1ccccc1)N(C)c1ncnc2c(C(=O)O)cccc12. The average Bonchev–Trinajstić information content (AvgIpc) is 2.65. The fourth-order valence-corrected chi connectivity index (χ4v) is 2.95. The van der Waals surface area contributed by atoms with Crippen molar-refractivity contribution in [3.05, 3.63) is 66.0 Å². The largest absolute Gasteiger partial charge is 0.478 e. The van der Waals surface area contributed by atoms with E-state index in [9.17, 15) is 9.90 Å². The number of rotatable bonds is 6. The van der Waals surface area contributed by atoms with E-state index in [1.54, 1.807) is 12.1 Å². The van der Waals surface area contributed by atoms with E-state index in [0.29, 0.717) is 11.3 Å². The van der Waals surface area contributed by atoms with E-state index >= 15 is 0 Å². The van der Waals surface area contributed by atoms with Crippen molar-refractivity contribution in [1.82, 2.24) is 15.3 Å². The third-order valence-electron chi connectivity index (χ3n) is 4.28. The highest BCUT2D eigenvalue weighted by atomic mass is 16.4. The number of likely N-dealkylation sites (N-methyl/N-ethyl adjacent to an activating group) is 2. The first-order valence-electron chi connectivity index (χ1n) is 8.03. The Bertz CT molecular complexity index is 883. The summed E-state index contributed by atoms with van der Waals surface area (Å²) in [5.41, 5.74) is 1.83. The fraction of sp³-hybridized carbons (Fsp3) is 0.211. The van der Waals surface area contributed by atoms with Crippen molar-refractivity contribution in [3.8, 4) is 0 Å². The lowest BCUT2D eigenvalue weighted by atomic mass is 10.1. The molecule has 0 fully saturated rings. The maximum Gasteiger partial charge on any atom is 0.337 e. The summed E-state index contributed by atoms with van der Waals surface area (Å²) in [5, 5.41) is 13.4. The van der Waals surface area contributed by atoms with Crippen LogP contribution in [0.4, 0.5) is 5.82 Å². The van der Waals surface area contributed by atoms with Crippen LogP contribution in [0.15, 0.2) is 54.9 Å². The van der Waals surface area contributed by atoms with Crippen LogP contribution in [0, 0.1) is 0 Å². The summed E-state index contributed by atoms with van der Waals surface area (Å²) in [6.45, 7) is 0. The van der Waals surface area contributed by atoms with Crippen LogP contribution < -0.4 is 10.2 Å². The molecule has 0 aliphatic rings. The number of carbonyl (C=O) groups is 1. The Morgan fingerprint density at radius 1 is 1.16 bits per heavy atom. The molecule has 0 saturated carbocycles. The fourth-order valence-electron chi connectivity index (χ4n) is 2.95. The molecule has 25 heavy (non-hydrogen) atoms. The molecule has 0 unspecified atom stereocenters. The topological polar surface area (TPSA) is 78.3 Å². The van der Waals surface area contributed by atoms with Crippen molar-refractivity contribution in [2.75, 3.05) is 19.0 Å². The van der Waals surface area contributed by atoms with Gasteiger partial charge < -0.3 is 15.3 Å².